The normalized spacial score (nSPS) is 14.4. The number of H-pyrrole nitrogens is 1. The van der Waals surface area contributed by atoms with E-state index in [1.807, 2.05) is 24.3 Å². The number of nitrogens with one attached hydrogen (secondary N) is 2. The minimum atomic E-state index is -0.229. The standard InChI is InChI=1S/C23H22N6O3/c1-31-20-13-24-12-19(28-20)18-10-15-4-7-25-23(30)21(15)22(29-18)27-16-2-3-17(26-11-16)14-5-8-32-9-6-14/h2-4,7,10-14H,5-6,8-9H2,1H3,(H,25,30)(H,27,29). The van der Waals surface area contributed by atoms with Gasteiger partial charge in [0.2, 0.25) is 5.88 Å². The molecule has 4 aromatic rings. The van der Waals surface area contributed by atoms with E-state index in [1.54, 1.807) is 18.6 Å². The van der Waals surface area contributed by atoms with Gasteiger partial charge in [0.25, 0.3) is 5.56 Å². The molecule has 2 N–H and O–H groups in total. The molecular weight excluding hydrogens is 408 g/mol. The maximum Gasteiger partial charge on any atom is 0.259 e. The van der Waals surface area contributed by atoms with Crippen LogP contribution in [0.25, 0.3) is 22.2 Å². The van der Waals surface area contributed by atoms with Gasteiger partial charge in [-0.05, 0) is 42.5 Å². The average Bonchev–Trinajstić information content (AvgIpc) is 2.85. The third-order valence-electron chi connectivity index (χ3n) is 5.53. The van der Waals surface area contributed by atoms with Gasteiger partial charge in [0, 0.05) is 31.0 Å². The zero-order valence-corrected chi connectivity index (χ0v) is 17.5. The highest BCUT2D eigenvalue weighted by Crippen LogP contribution is 2.29. The SMILES string of the molecule is COc1cncc(-c2cc3cc[nH]c(=O)c3c(Nc3ccc(C4CCOCC4)nc3)n2)n1. The highest BCUT2D eigenvalue weighted by molar-refractivity contribution is 5.94. The summed E-state index contributed by atoms with van der Waals surface area (Å²) in [5.74, 6) is 1.22. The van der Waals surface area contributed by atoms with E-state index in [-0.39, 0.29) is 5.56 Å². The predicted molar refractivity (Wildman–Crippen MR) is 120 cm³/mol. The predicted octanol–water partition coefficient (Wildman–Crippen LogP) is 3.42. The first-order valence-corrected chi connectivity index (χ1v) is 10.4. The summed E-state index contributed by atoms with van der Waals surface area (Å²) in [6.45, 7) is 1.54. The zero-order chi connectivity index (χ0) is 21.9. The van der Waals surface area contributed by atoms with Crippen LogP contribution in [0.5, 0.6) is 5.88 Å². The van der Waals surface area contributed by atoms with Crippen molar-refractivity contribution in [1.29, 1.82) is 0 Å². The maximum atomic E-state index is 12.6. The Kier molecular flexibility index (Phi) is 5.47. The summed E-state index contributed by atoms with van der Waals surface area (Å²) >= 11 is 0. The lowest BCUT2D eigenvalue weighted by atomic mass is 9.96. The van der Waals surface area contributed by atoms with E-state index in [1.165, 1.54) is 13.3 Å². The quantitative estimate of drug-likeness (QED) is 0.495. The first kappa shape index (κ1) is 20.1. The number of nitrogens with zero attached hydrogens (tertiary/aromatic N) is 4. The van der Waals surface area contributed by atoms with Crippen molar-refractivity contribution in [3.63, 3.8) is 0 Å². The molecule has 0 aromatic carbocycles. The van der Waals surface area contributed by atoms with Gasteiger partial charge in [-0.3, -0.25) is 14.8 Å². The Morgan fingerprint density at radius 1 is 1.09 bits per heavy atom. The average molecular weight is 430 g/mol. The third kappa shape index (κ3) is 4.02. The Hall–Kier alpha value is -3.85. The number of ether oxygens (including phenoxy) is 2. The van der Waals surface area contributed by atoms with Crippen molar-refractivity contribution in [3.8, 4) is 17.3 Å². The van der Waals surface area contributed by atoms with Gasteiger partial charge < -0.3 is 19.8 Å². The molecule has 1 aliphatic rings. The first-order chi connectivity index (χ1) is 15.7. The third-order valence-corrected chi connectivity index (χ3v) is 5.53. The fraction of sp³-hybridized carbons (Fsp3) is 0.261. The summed E-state index contributed by atoms with van der Waals surface area (Å²) in [7, 11) is 1.53. The number of anilines is 2. The van der Waals surface area contributed by atoms with Crippen LogP contribution >= 0.6 is 0 Å². The minimum Gasteiger partial charge on any atom is -0.480 e. The van der Waals surface area contributed by atoms with Crippen LogP contribution in [0.3, 0.4) is 0 Å². The van der Waals surface area contributed by atoms with Crippen LogP contribution in [0, 0.1) is 0 Å². The topological polar surface area (TPSA) is 115 Å². The largest absolute Gasteiger partial charge is 0.480 e. The van der Waals surface area contributed by atoms with Crippen LogP contribution in [0.2, 0.25) is 0 Å². The molecule has 0 radical (unpaired) electrons. The highest BCUT2D eigenvalue weighted by Gasteiger charge is 2.17. The molecule has 1 aliphatic heterocycles. The molecule has 1 fully saturated rings. The first-order valence-electron chi connectivity index (χ1n) is 10.4. The van der Waals surface area contributed by atoms with Crippen LogP contribution in [-0.4, -0.2) is 45.2 Å². The monoisotopic (exact) mass is 430 g/mol. The summed E-state index contributed by atoms with van der Waals surface area (Å²) in [5.41, 5.74) is 2.68. The molecule has 0 bridgehead atoms. The van der Waals surface area contributed by atoms with E-state index in [0.29, 0.717) is 34.4 Å². The number of methoxy groups -OCH3 is 1. The van der Waals surface area contributed by atoms with Gasteiger partial charge >= 0.3 is 0 Å². The molecule has 0 unspecified atom stereocenters. The second-order valence-corrected chi connectivity index (χ2v) is 7.56. The summed E-state index contributed by atoms with van der Waals surface area (Å²) in [6, 6.07) is 7.61. The van der Waals surface area contributed by atoms with Gasteiger partial charge in [-0.25, -0.2) is 9.97 Å². The van der Waals surface area contributed by atoms with Crippen molar-refractivity contribution in [1.82, 2.24) is 24.9 Å². The van der Waals surface area contributed by atoms with Crippen LogP contribution in [0.15, 0.2) is 53.8 Å². The second-order valence-electron chi connectivity index (χ2n) is 7.56. The Morgan fingerprint density at radius 2 is 1.97 bits per heavy atom. The lowest BCUT2D eigenvalue weighted by Gasteiger charge is -2.21. The van der Waals surface area contributed by atoms with Gasteiger partial charge in [0.1, 0.15) is 11.5 Å². The van der Waals surface area contributed by atoms with E-state index in [4.69, 9.17) is 9.47 Å². The van der Waals surface area contributed by atoms with Gasteiger partial charge in [0.05, 0.1) is 42.5 Å². The summed E-state index contributed by atoms with van der Waals surface area (Å²) in [4.78, 5) is 33.2. The van der Waals surface area contributed by atoms with E-state index in [9.17, 15) is 4.79 Å². The van der Waals surface area contributed by atoms with Crippen molar-refractivity contribution >= 4 is 22.3 Å². The molecule has 0 aliphatic carbocycles. The Bertz CT molecular complexity index is 1300. The van der Waals surface area contributed by atoms with E-state index in [0.717, 1.165) is 42.8 Å². The van der Waals surface area contributed by atoms with Crippen LogP contribution in [-0.2, 0) is 4.74 Å². The number of aromatic nitrogens is 5. The van der Waals surface area contributed by atoms with E-state index >= 15 is 0 Å². The van der Waals surface area contributed by atoms with Gasteiger partial charge in [-0.2, -0.15) is 0 Å². The smallest absolute Gasteiger partial charge is 0.259 e. The number of hydrogen-bond acceptors (Lipinski definition) is 8. The molecule has 5 rings (SSSR count). The Balaban J connectivity index is 1.53. The van der Waals surface area contributed by atoms with E-state index < -0.39 is 0 Å². The van der Waals surface area contributed by atoms with Crippen molar-refractivity contribution in [3.05, 3.63) is 65.1 Å². The van der Waals surface area contributed by atoms with Crippen LogP contribution in [0.1, 0.15) is 24.5 Å². The highest BCUT2D eigenvalue weighted by atomic mass is 16.5. The number of pyridine rings is 3. The summed E-state index contributed by atoms with van der Waals surface area (Å²) < 4.78 is 10.6. The Labute approximate surface area is 183 Å². The number of fused-ring (bicyclic) bond motifs is 1. The fourth-order valence-corrected chi connectivity index (χ4v) is 3.86. The molecule has 0 amide bonds. The molecule has 0 saturated carbocycles. The lowest BCUT2D eigenvalue weighted by molar-refractivity contribution is 0.0845. The molecule has 0 spiro atoms. The number of hydrogen-bond donors (Lipinski definition) is 2. The van der Waals surface area contributed by atoms with Crippen molar-refractivity contribution in [2.45, 2.75) is 18.8 Å². The summed E-state index contributed by atoms with van der Waals surface area (Å²) in [6.07, 6.45) is 8.47. The van der Waals surface area contributed by atoms with Gasteiger partial charge in [-0.1, -0.05) is 0 Å². The fourth-order valence-electron chi connectivity index (χ4n) is 3.86. The molecule has 9 heteroatoms. The van der Waals surface area contributed by atoms with Crippen LogP contribution in [0.4, 0.5) is 11.5 Å². The maximum absolute atomic E-state index is 12.6. The molecule has 162 valence electrons. The second kappa shape index (κ2) is 8.72. The van der Waals surface area contributed by atoms with Crippen molar-refractivity contribution in [2.75, 3.05) is 25.6 Å². The lowest BCUT2D eigenvalue weighted by Crippen LogP contribution is -2.15. The molecule has 9 nitrogen and oxygen atoms in total. The molecule has 1 saturated heterocycles. The zero-order valence-electron chi connectivity index (χ0n) is 17.5. The molecule has 4 aromatic heterocycles. The summed E-state index contributed by atoms with van der Waals surface area (Å²) in [5, 5.41) is 4.45. The van der Waals surface area contributed by atoms with Crippen LogP contribution < -0.4 is 15.6 Å². The molecular formula is C23H22N6O3. The number of rotatable bonds is 5. The molecule has 0 atom stereocenters. The van der Waals surface area contributed by atoms with Crippen molar-refractivity contribution in [2.24, 2.45) is 0 Å². The van der Waals surface area contributed by atoms with E-state index in [2.05, 4.69) is 30.2 Å². The molecule has 32 heavy (non-hydrogen) atoms. The molecule has 5 heterocycles. The number of aromatic amines is 1. The van der Waals surface area contributed by atoms with Gasteiger partial charge in [0.15, 0.2) is 0 Å². The minimum absolute atomic E-state index is 0.229. The van der Waals surface area contributed by atoms with Crippen molar-refractivity contribution < 1.29 is 9.47 Å². The Morgan fingerprint density at radius 3 is 2.75 bits per heavy atom. The van der Waals surface area contributed by atoms with Gasteiger partial charge in [-0.15, -0.1) is 0 Å².